The number of imide groups is 1. The molecule has 0 bridgehead atoms. The molecular formula is C9H12N2O3. The smallest absolute Gasteiger partial charge is 0.240 e. The first-order chi connectivity index (χ1) is 6.65. The molecule has 1 heterocycles. The average molecular weight is 196 g/mol. The molecule has 0 aliphatic carbocycles. The molecule has 0 atom stereocenters. The van der Waals surface area contributed by atoms with E-state index < -0.39 is 0 Å². The summed E-state index contributed by atoms with van der Waals surface area (Å²) in [4.78, 5) is 34.3. The number of hydrogen-bond acceptors (Lipinski definition) is 3. The van der Waals surface area contributed by atoms with Crippen LogP contribution in [0.3, 0.4) is 0 Å². The predicted molar refractivity (Wildman–Crippen MR) is 49.2 cm³/mol. The van der Waals surface area contributed by atoms with Gasteiger partial charge in [-0.2, -0.15) is 0 Å². The van der Waals surface area contributed by atoms with Crippen LogP contribution in [0.2, 0.25) is 0 Å². The Labute approximate surface area is 81.8 Å². The molecule has 1 N–H and O–H groups in total. The molecule has 0 aromatic rings. The Morgan fingerprint density at radius 3 is 2.50 bits per heavy atom. The Morgan fingerprint density at radius 2 is 2.00 bits per heavy atom. The van der Waals surface area contributed by atoms with E-state index >= 15 is 0 Å². The number of carbonyl (C=O) groups is 3. The van der Waals surface area contributed by atoms with Crippen molar-refractivity contribution >= 4 is 17.7 Å². The van der Waals surface area contributed by atoms with Crippen LogP contribution in [0.15, 0.2) is 12.7 Å². The van der Waals surface area contributed by atoms with Crippen LogP contribution in [0.25, 0.3) is 0 Å². The van der Waals surface area contributed by atoms with Crippen LogP contribution in [0.4, 0.5) is 0 Å². The molecule has 14 heavy (non-hydrogen) atoms. The molecule has 1 fully saturated rings. The summed E-state index contributed by atoms with van der Waals surface area (Å²) in [7, 11) is 0. The lowest BCUT2D eigenvalue weighted by Crippen LogP contribution is -2.39. The van der Waals surface area contributed by atoms with Gasteiger partial charge >= 0.3 is 0 Å². The van der Waals surface area contributed by atoms with Crippen LogP contribution in [-0.4, -0.2) is 35.7 Å². The molecule has 0 aromatic carbocycles. The highest BCUT2D eigenvalue weighted by Crippen LogP contribution is 2.10. The Kier molecular flexibility index (Phi) is 3.39. The molecule has 1 aliphatic rings. The lowest BCUT2D eigenvalue weighted by atomic mass is 10.4. The van der Waals surface area contributed by atoms with Crippen molar-refractivity contribution in [1.82, 2.24) is 10.2 Å². The minimum Gasteiger partial charge on any atom is -0.351 e. The van der Waals surface area contributed by atoms with Crippen molar-refractivity contribution in [2.75, 3.05) is 13.1 Å². The molecular weight excluding hydrogens is 184 g/mol. The van der Waals surface area contributed by atoms with E-state index in [-0.39, 0.29) is 37.1 Å². The number of likely N-dealkylation sites (tertiary alicyclic amines) is 1. The fraction of sp³-hybridized carbons (Fsp3) is 0.444. The highest BCUT2D eigenvalue weighted by Gasteiger charge is 2.30. The Balaban J connectivity index is 2.42. The molecule has 0 radical (unpaired) electrons. The van der Waals surface area contributed by atoms with E-state index in [0.29, 0.717) is 6.54 Å². The van der Waals surface area contributed by atoms with Gasteiger partial charge in [-0.15, -0.1) is 6.58 Å². The molecule has 0 spiro atoms. The van der Waals surface area contributed by atoms with Crippen molar-refractivity contribution in [2.45, 2.75) is 12.8 Å². The Bertz CT molecular complexity index is 270. The predicted octanol–water partition coefficient (Wildman–Crippen LogP) is -0.562. The molecule has 76 valence electrons. The minimum absolute atomic E-state index is 0.175. The lowest BCUT2D eigenvalue weighted by Gasteiger charge is -2.12. The van der Waals surface area contributed by atoms with Gasteiger partial charge in [-0.1, -0.05) is 6.08 Å². The van der Waals surface area contributed by atoms with Gasteiger partial charge in [0, 0.05) is 19.4 Å². The van der Waals surface area contributed by atoms with Crippen molar-refractivity contribution < 1.29 is 14.4 Å². The fourth-order valence-corrected chi connectivity index (χ4v) is 1.18. The zero-order valence-corrected chi connectivity index (χ0v) is 7.78. The van der Waals surface area contributed by atoms with Gasteiger partial charge in [0.05, 0.1) is 0 Å². The first-order valence-corrected chi connectivity index (χ1v) is 4.36. The highest BCUT2D eigenvalue weighted by atomic mass is 16.2. The van der Waals surface area contributed by atoms with E-state index in [1.165, 1.54) is 6.08 Å². The van der Waals surface area contributed by atoms with Gasteiger partial charge in [-0.3, -0.25) is 19.3 Å². The zero-order chi connectivity index (χ0) is 10.6. The standard InChI is InChI=1S/C9H12N2O3/c1-2-5-10-7(12)6-11-8(13)3-4-9(11)14/h2H,1,3-6H2,(H,10,12). The van der Waals surface area contributed by atoms with Gasteiger partial charge in [0.15, 0.2) is 0 Å². The van der Waals surface area contributed by atoms with E-state index in [1.807, 2.05) is 0 Å². The second-order valence-electron chi connectivity index (χ2n) is 2.97. The van der Waals surface area contributed by atoms with Gasteiger partial charge in [-0.05, 0) is 0 Å². The summed E-state index contributed by atoms with van der Waals surface area (Å²) in [6.07, 6.45) is 1.96. The number of amides is 3. The molecule has 1 rings (SSSR count). The second kappa shape index (κ2) is 4.55. The zero-order valence-electron chi connectivity index (χ0n) is 7.78. The molecule has 0 unspecified atom stereocenters. The van der Waals surface area contributed by atoms with Crippen LogP contribution in [0.1, 0.15) is 12.8 Å². The van der Waals surface area contributed by atoms with Gasteiger partial charge < -0.3 is 5.32 Å². The Morgan fingerprint density at radius 1 is 1.43 bits per heavy atom. The third-order valence-electron chi connectivity index (χ3n) is 1.90. The number of hydrogen-bond donors (Lipinski definition) is 1. The third-order valence-corrected chi connectivity index (χ3v) is 1.90. The Hall–Kier alpha value is -1.65. The topological polar surface area (TPSA) is 66.5 Å². The summed E-state index contributed by atoms with van der Waals surface area (Å²) in [5, 5.41) is 2.50. The summed E-state index contributed by atoms with van der Waals surface area (Å²) >= 11 is 0. The maximum Gasteiger partial charge on any atom is 0.240 e. The average Bonchev–Trinajstić information content (AvgIpc) is 2.46. The van der Waals surface area contributed by atoms with Crippen molar-refractivity contribution in [3.8, 4) is 0 Å². The minimum atomic E-state index is -0.339. The van der Waals surface area contributed by atoms with E-state index in [0.717, 1.165) is 4.90 Å². The molecule has 1 saturated heterocycles. The highest BCUT2D eigenvalue weighted by molar-refractivity contribution is 6.04. The molecule has 5 nitrogen and oxygen atoms in total. The number of nitrogens with one attached hydrogen (secondary N) is 1. The molecule has 0 aromatic heterocycles. The first-order valence-electron chi connectivity index (χ1n) is 4.36. The van der Waals surface area contributed by atoms with Gasteiger partial charge in [0.25, 0.3) is 0 Å². The van der Waals surface area contributed by atoms with Gasteiger partial charge in [-0.25, -0.2) is 0 Å². The summed E-state index contributed by atoms with van der Waals surface area (Å²) in [5.74, 6) is -0.888. The van der Waals surface area contributed by atoms with E-state index in [4.69, 9.17) is 0 Å². The van der Waals surface area contributed by atoms with Crippen LogP contribution in [0, 0.1) is 0 Å². The van der Waals surface area contributed by atoms with E-state index in [2.05, 4.69) is 11.9 Å². The quantitative estimate of drug-likeness (QED) is 0.484. The maximum atomic E-state index is 11.1. The van der Waals surface area contributed by atoms with E-state index in [1.54, 1.807) is 0 Å². The van der Waals surface area contributed by atoms with Gasteiger partial charge in [0.1, 0.15) is 6.54 Å². The summed E-state index contributed by atoms with van der Waals surface area (Å²) in [6.45, 7) is 3.60. The van der Waals surface area contributed by atoms with E-state index in [9.17, 15) is 14.4 Å². The monoisotopic (exact) mass is 196 g/mol. The van der Waals surface area contributed by atoms with Crippen LogP contribution < -0.4 is 5.32 Å². The number of nitrogens with zero attached hydrogens (tertiary/aromatic N) is 1. The number of carbonyl (C=O) groups excluding carboxylic acids is 3. The summed E-state index contributed by atoms with van der Waals surface area (Å²) < 4.78 is 0. The lowest BCUT2D eigenvalue weighted by molar-refractivity contribution is -0.142. The summed E-state index contributed by atoms with van der Waals surface area (Å²) in [6, 6.07) is 0. The molecule has 3 amide bonds. The van der Waals surface area contributed by atoms with Crippen molar-refractivity contribution in [3.05, 3.63) is 12.7 Å². The van der Waals surface area contributed by atoms with Crippen molar-refractivity contribution in [1.29, 1.82) is 0 Å². The second-order valence-corrected chi connectivity index (χ2v) is 2.97. The molecule has 1 aliphatic heterocycles. The van der Waals surface area contributed by atoms with Crippen molar-refractivity contribution in [3.63, 3.8) is 0 Å². The normalized spacial score (nSPS) is 15.9. The molecule has 5 heteroatoms. The first kappa shape index (κ1) is 10.4. The SMILES string of the molecule is C=CCNC(=O)CN1C(=O)CCC1=O. The third kappa shape index (κ3) is 2.42. The van der Waals surface area contributed by atoms with Crippen LogP contribution in [0.5, 0.6) is 0 Å². The number of rotatable bonds is 4. The van der Waals surface area contributed by atoms with Crippen LogP contribution >= 0.6 is 0 Å². The maximum absolute atomic E-state index is 11.1. The fourth-order valence-electron chi connectivity index (χ4n) is 1.18. The largest absolute Gasteiger partial charge is 0.351 e. The summed E-state index contributed by atoms with van der Waals surface area (Å²) in [5.41, 5.74) is 0. The van der Waals surface area contributed by atoms with Gasteiger partial charge in [0.2, 0.25) is 17.7 Å². The molecule has 0 saturated carbocycles. The van der Waals surface area contributed by atoms with Crippen molar-refractivity contribution in [2.24, 2.45) is 0 Å². The van der Waals surface area contributed by atoms with Crippen LogP contribution in [-0.2, 0) is 14.4 Å².